The Labute approximate surface area is 90.4 Å². The van der Waals surface area contributed by atoms with Gasteiger partial charge in [0.2, 0.25) is 0 Å². The number of hydrogen-bond donors (Lipinski definition) is 1. The molecule has 82 valence electrons. The van der Waals surface area contributed by atoms with E-state index in [1.165, 1.54) is 7.11 Å². The molecule has 0 atom stereocenters. The Kier molecular flexibility index (Phi) is 2.36. The predicted octanol–water partition coefficient (Wildman–Crippen LogP) is 0.900. The van der Waals surface area contributed by atoms with Crippen LogP contribution in [0.15, 0.2) is 33.5 Å². The van der Waals surface area contributed by atoms with Crippen molar-refractivity contribution in [3.05, 3.63) is 40.2 Å². The average Bonchev–Trinajstić information content (AvgIpc) is 2.28. The molecule has 5 heteroatoms. The molecule has 2 aromatic rings. The fourth-order valence-electron chi connectivity index (χ4n) is 1.43. The van der Waals surface area contributed by atoms with E-state index in [9.17, 15) is 9.59 Å². The van der Waals surface area contributed by atoms with Gasteiger partial charge in [-0.05, 0) is 12.1 Å². The standard InChI is InChI=1S/C11H9NO4/c1-15-8-4-2-3-6-7(13)5-9(11(12)14)16-10(6)8/h2-5H,1H3,(H2,12,14). The van der Waals surface area contributed by atoms with Gasteiger partial charge in [-0.1, -0.05) is 6.07 Å². The molecular weight excluding hydrogens is 210 g/mol. The number of benzene rings is 1. The number of fused-ring (bicyclic) bond motifs is 1. The number of para-hydroxylation sites is 1. The molecule has 5 nitrogen and oxygen atoms in total. The summed E-state index contributed by atoms with van der Waals surface area (Å²) in [6.07, 6.45) is 0. The van der Waals surface area contributed by atoms with Crippen LogP contribution in [0.3, 0.4) is 0 Å². The maximum absolute atomic E-state index is 11.6. The molecule has 0 aliphatic heterocycles. The first-order valence-electron chi connectivity index (χ1n) is 4.54. The zero-order valence-electron chi connectivity index (χ0n) is 8.52. The minimum Gasteiger partial charge on any atom is -0.493 e. The summed E-state index contributed by atoms with van der Waals surface area (Å²) in [5, 5.41) is 0.351. The van der Waals surface area contributed by atoms with Crippen LogP contribution in [0.5, 0.6) is 5.75 Å². The molecule has 1 aromatic carbocycles. The van der Waals surface area contributed by atoms with Crippen LogP contribution < -0.4 is 15.9 Å². The molecule has 2 rings (SSSR count). The molecule has 0 aliphatic carbocycles. The third-order valence-corrected chi connectivity index (χ3v) is 2.18. The second kappa shape index (κ2) is 3.69. The summed E-state index contributed by atoms with van der Waals surface area (Å²) < 4.78 is 10.3. The van der Waals surface area contributed by atoms with E-state index in [-0.39, 0.29) is 16.8 Å². The molecule has 0 radical (unpaired) electrons. The van der Waals surface area contributed by atoms with E-state index in [1.807, 2.05) is 0 Å². The number of primary amides is 1. The van der Waals surface area contributed by atoms with E-state index >= 15 is 0 Å². The van der Waals surface area contributed by atoms with Crippen molar-refractivity contribution in [2.75, 3.05) is 7.11 Å². The average molecular weight is 219 g/mol. The topological polar surface area (TPSA) is 82.5 Å². The van der Waals surface area contributed by atoms with Crippen LogP contribution in [0.1, 0.15) is 10.6 Å². The first-order valence-corrected chi connectivity index (χ1v) is 4.54. The van der Waals surface area contributed by atoms with Gasteiger partial charge in [-0.25, -0.2) is 0 Å². The number of nitrogens with two attached hydrogens (primary N) is 1. The monoisotopic (exact) mass is 219 g/mol. The zero-order chi connectivity index (χ0) is 11.7. The molecule has 0 unspecified atom stereocenters. The smallest absolute Gasteiger partial charge is 0.284 e. The molecule has 2 N–H and O–H groups in total. The molecule has 0 aliphatic rings. The number of amides is 1. The van der Waals surface area contributed by atoms with E-state index in [0.717, 1.165) is 6.07 Å². The fraction of sp³-hybridized carbons (Fsp3) is 0.0909. The van der Waals surface area contributed by atoms with Crippen molar-refractivity contribution in [1.29, 1.82) is 0 Å². The molecule has 1 heterocycles. The highest BCUT2D eigenvalue weighted by Gasteiger charge is 2.11. The van der Waals surface area contributed by atoms with Gasteiger partial charge in [0.05, 0.1) is 12.5 Å². The van der Waals surface area contributed by atoms with Gasteiger partial charge in [0.15, 0.2) is 22.5 Å². The van der Waals surface area contributed by atoms with Gasteiger partial charge >= 0.3 is 0 Å². The van der Waals surface area contributed by atoms with Gasteiger partial charge in [0, 0.05) is 6.07 Å². The molecule has 0 bridgehead atoms. The van der Waals surface area contributed by atoms with Crippen LogP contribution in [0.4, 0.5) is 0 Å². The summed E-state index contributed by atoms with van der Waals surface area (Å²) in [6.45, 7) is 0. The van der Waals surface area contributed by atoms with Crippen molar-refractivity contribution in [3.63, 3.8) is 0 Å². The summed E-state index contributed by atoms with van der Waals surface area (Å²) in [5.74, 6) is -0.579. The molecule has 1 aromatic heterocycles. The maximum Gasteiger partial charge on any atom is 0.284 e. The van der Waals surface area contributed by atoms with E-state index < -0.39 is 5.91 Å². The molecule has 0 fully saturated rings. The number of carbonyl (C=O) groups excluding carboxylic acids is 1. The second-order valence-electron chi connectivity index (χ2n) is 3.18. The van der Waals surface area contributed by atoms with Crippen molar-refractivity contribution in [2.45, 2.75) is 0 Å². The second-order valence-corrected chi connectivity index (χ2v) is 3.18. The van der Waals surface area contributed by atoms with Crippen LogP contribution in [-0.2, 0) is 0 Å². The Morgan fingerprint density at radius 2 is 2.19 bits per heavy atom. The first-order chi connectivity index (χ1) is 7.63. The lowest BCUT2D eigenvalue weighted by atomic mass is 10.2. The van der Waals surface area contributed by atoms with E-state index in [1.54, 1.807) is 18.2 Å². The van der Waals surface area contributed by atoms with Crippen LogP contribution in [-0.4, -0.2) is 13.0 Å². The molecule has 0 spiro atoms. The lowest BCUT2D eigenvalue weighted by Crippen LogP contribution is -2.14. The number of rotatable bonds is 2. The Balaban J connectivity index is 2.88. The van der Waals surface area contributed by atoms with Crippen molar-refractivity contribution in [3.8, 4) is 5.75 Å². The highest BCUT2D eigenvalue weighted by Crippen LogP contribution is 2.23. The number of ether oxygens (including phenoxy) is 1. The lowest BCUT2D eigenvalue weighted by Gasteiger charge is -2.04. The largest absolute Gasteiger partial charge is 0.493 e. The summed E-state index contributed by atoms with van der Waals surface area (Å²) in [6, 6.07) is 5.97. The van der Waals surface area contributed by atoms with Gasteiger partial charge < -0.3 is 14.9 Å². The van der Waals surface area contributed by atoms with Gasteiger partial charge in [-0.15, -0.1) is 0 Å². The third kappa shape index (κ3) is 1.52. The van der Waals surface area contributed by atoms with Crippen LogP contribution in [0.25, 0.3) is 11.0 Å². The summed E-state index contributed by atoms with van der Waals surface area (Å²) >= 11 is 0. The van der Waals surface area contributed by atoms with Crippen molar-refractivity contribution < 1.29 is 13.9 Å². The van der Waals surface area contributed by atoms with Crippen molar-refractivity contribution in [1.82, 2.24) is 0 Å². The predicted molar refractivity (Wildman–Crippen MR) is 57.6 cm³/mol. The van der Waals surface area contributed by atoms with Crippen LogP contribution >= 0.6 is 0 Å². The number of methoxy groups -OCH3 is 1. The normalized spacial score (nSPS) is 10.3. The lowest BCUT2D eigenvalue weighted by molar-refractivity contribution is 0.0974. The van der Waals surface area contributed by atoms with Crippen LogP contribution in [0, 0.1) is 0 Å². The number of carbonyl (C=O) groups is 1. The molecule has 1 amide bonds. The van der Waals surface area contributed by atoms with Gasteiger partial charge in [0.1, 0.15) is 0 Å². The Bertz CT molecular complexity index is 615. The van der Waals surface area contributed by atoms with E-state index in [4.69, 9.17) is 14.9 Å². The zero-order valence-corrected chi connectivity index (χ0v) is 8.52. The summed E-state index contributed by atoms with van der Waals surface area (Å²) in [5.41, 5.74) is 4.96. The van der Waals surface area contributed by atoms with Crippen LogP contribution in [0.2, 0.25) is 0 Å². The molecule has 16 heavy (non-hydrogen) atoms. The minimum absolute atomic E-state index is 0.179. The van der Waals surface area contributed by atoms with Gasteiger partial charge in [-0.3, -0.25) is 9.59 Å². The summed E-state index contributed by atoms with van der Waals surface area (Å²) in [7, 11) is 1.45. The highest BCUT2D eigenvalue weighted by atomic mass is 16.5. The van der Waals surface area contributed by atoms with Gasteiger partial charge in [0.25, 0.3) is 5.91 Å². The molecule has 0 saturated carbocycles. The Morgan fingerprint density at radius 1 is 1.44 bits per heavy atom. The van der Waals surface area contributed by atoms with Crippen molar-refractivity contribution >= 4 is 16.9 Å². The molecule has 0 saturated heterocycles. The maximum atomic E-state index is 11.6. The minimum atomic E-state index is -0.787. The molecular formula is C11H9NO4. The van der Waals surface area contributed by atoms with Gasteiger partial charge in [-0.2, -0.15) is 0 Å². The Morgan fingerprint density at radius 3 is 2.81 bits per heavy atom. The van der Waals surface area contributed by atoms with Crippen molar-refractivity contribution in [2.24, 2.45) is 5.73 Å². The van der Waals surface area contributed by atoms with E-state index in [0.29, 0.717) is 11.1 Å². The number of hydrogen-bond acceptors (Lipinski definition) is 4. The first kappa shape index (κ1) is 10.2. The third-order valence-electron chi connectivity index (χ3n) is 2.18. The quantitative estimate of drug-likeness (QED) is 0.813. The van der Waals surface area contributed by atoms with E-state index in [2.05, 4.69) is 0 Å². The highest BCUT2D eigenvalue weighted by molar-refractivity contribution is 5.92. The summed E-state index contributed by atoms with van der Waals surface area (Å²) in [4.78, 5) is 22.6. The Hall–Kier alpha value is -2.30. The fourth-order valence-corrected chi connectivity index (χ4v) is 1.43. The SMILES string of the molecule is COc1cccc2c(=O)cc(C(N)=O)oc12.